The second-order valence-corrected chi connectivity index (χ2v) is 9.34. The molecule has 182 valence electrons. The Balaban J connectivity index is 1.40. The summed E-state index contributed by atoms with van der Waals surface area (Å²) < 4.78 is 17.3. The van der Waals surface area contributed by atoms with Crippen molar-refractivity contribution < 1.29 is 23.8 Å². The first-order chi connectivity index (χ1) is 17.1. The molecule has 2 aromatic carbocycles. The highest BCUT2D eigenvalue weighted by molar-refractivity contribution is 6.03. The Morgan fingerprint density at radius 1 is 1.06 bits per heavy atom. The van der Waals surface area contributed by atoms with E-state index in [4.69, 9.17) is 14.2 Å². The molecule has 2 aliphatic heterocycles. The maximum atomic E-state index is 13.3. The Morgan fingerprint density at radius 3 is 2.60 bits per heavy atom. The fourth-order valence-corrected chi connectivity index (χ4v) is 5.11. The number of ketones is 1. The molecular weight excluding hydrogens is 442 g/mol. The van der Waals surface area contributed by atoms with E-state index in [0.29, 0.717) is 30.8 Å². The minimum atomic E-state index is -0.459. The molecule has 2 unspecified atom stereocenters. The molecule has 0 bridgehead atoms. The summed E-state index contributed by atoms with van der Waals surface area (Å²) in [5, 5.41) is 3.34. The van der Waals surface area contributed by atoms with E-state index in [1.54, 1.807) is 0 Å². The molecule has 35 heavy (non-hydrogen) atoms. The second-order valence-electron chi connectivity index (χ2n) is 9.34. The average molecular weight is 474 g/mol. The monoisotopic (exact) mass is 473 g/mol. The third kappa shape index (κ3) is 5.17. The molecule has 3 aliphatic rings. The number of hydrogen-bond acceptors (Lipinski definition) is 6. The summed E-state index contributed by atoms with van der Waals surface area (Å²) in [5.74, 6) is -0.0342. The number of rotatable bonds is 7. The van der Waals surface area contributed by atoms with E-state index in [2.05, 4.69) is 5.32 Å². The summed E-state index contributed by atoms with van der Waals surface area (Å²) in [6.45, 7) is 3.29. The van der Waals surface area contributed by atoms with Crippen molar-refractivity contribution in [3.05, 3.63) is 88.3 Å². The number of dihydropyridines is 1. The van der Waals surface area contributed by atoms with E-state index in [0.717, 1.165) is 54.0 Å². The molecule has 2 atom stereocenters. The molecule has 1 saturated heterocycles. The minimum absolute atomic E-state index is 0.0537. The van der Waals surface area contributed by atoms with E-state index in [1.807, 2.05) is 61.5 Å². The van der Waals surface area contributed by atoms with Crippen LogP contribution in [0.2, 0.25) is 0 Å². The van der Waals surface area contributed by atoms with Gasteiger partial charge in [-0.15, -0.1) is 0 Å². The number of benzene rings is 2. The molecule has 1 aliphatic carbocycles. The number of ether oxygens (including phenoxy) is 3. The zero-order chi connectivity index (χ0) is 24.2. The lowest BCUT2D eigenvalue weighted by Crippen LogP contribution is -2.35. The van der Waals surface area contributed by atoms with Gasteiger partial charge in [0.05, 0.1) is 11.7 Å². The van der Waals surface area contributed by atoms with E-state index >= 15 is 0 Å². The number of carbonyl (C=O) groups is 2. The Bertz CT molecular complexity index is 1140. The molecular formula is C29H31NO5. The molecule has 2 heterocycles. The van der Waals surface area contributed by atoms with Crippen LogP contribution in [0.3, 0.4) is 0 Å². The van der Waals surface area contributed by atoms with E-state index < -0.39 is 11.9 Å². The number of nitrogens with one attached hydrogen (secondary N) is 1. The zero-order valence-corrected chi connectivity index (χ0v) is 20.0. The zero-order valence-electron chi connectivity index (χ0n) is 20.0. The van der Waals surface area contributed by atoms with Crippen LogP contribution in [0.5, 0.6) is 5.75 Å². The van der Waals surface area contributed by atoms with Gasteiger partial charge in [-0.2, -0.15) is 0 Å². The summed E-state index contributed by atoms with van der Waals surface area (Å²) in [6.07, 6.45) is 3.93. The molecule has 1 fully saturated rings. The van der Waals surface area contributed by atoms with E-state index in [9.17, 15) is 9.59 Å². The maximum absolute atomic E-state index is 13.3. The highest BCUT2D eigenvalue weighted by Gasteiger charge is 2.39. The fourth-order valence-electron chi connectivity index (χ4n) is 5.11. The van der Waals surface area contributed by atoms with Crippen LogP contribution in [0.1, 0.15) is 56.1 Å². The van der Waals surface area contributed by atoms with Gasteiger partial charge in [0, 0.05) is 35.9 Å². The van der Waals surface area contributed by atoms with Gasteiger partial charge in [0.2, 0.25) is 0 Å². The molecule has 0 saturated carbocycles. The fraction of sp³-hybridized carbons (Fsp3) is 0.379. The molecule has 0 radical (unpaired) electrons. The van der Waals surface area contributed by atoms with Crippen LogP contribution in [-0.4, -0.2) is 31.1 Å². The molecule has 5 rings (SSSR count). The second kappa shape index (κ2) is 10.5. The summed E-state index contributed by atoms with van der Waals surface area (Å²) in [5.41, 5.74) is 4.81. The van der Waals surface area contributed by atoms with Crippen LogP contribution in [0.4, 0.5) is 0 Å². The number of allylic oxidation sites excluding steroid dienone is 3. The molecule has 1 N–H and O–H groups in total. The van der Waals surface area contributed by atoms with Crippen LogP contribution in [-0.2, 0) is 25.7 Å². The standard InChI is InChI=1S/C29H31NO5/c1-19-26(29(32)35-18-23-9-6-16-33-23)27(28-24(30-19)10-5-11-25(28)31)21-12-14-22(15-13-21)34-17-20-7-3-2-4-8-20/h2-4,7-8,12-15,23,27,30H,5-6,9-11,16-18H2,1H3. The van der Waals surface area contributed by atoms with E-state index in [-0.39, 0.29) is 18.5 Å². The first-order valence-corrected chi connectivity index (χ1v) is 12.4. The predicted molar refractivity (Wildman–Crippen MR) is 132 cm³/mol. The Kier molecular flexibility index (Phi) is 7.00. The van der Waals surface area contributed by atoms with Gasteiger partial charge in [-0.25, -0.2) is 4.79 Å². The van der Waals surface area contributed by atoms with Gasteiger partial charge in [0.15, 0.2) is 5.78 Å². The first kappa shape index (κ1) is 23.4. The van der Waals surface area contributed by atoms with Crippen LogP contribution < -0.4 is 10.1 Å². The van der Waals surface area contributed by atoms with Gasteiger partial charge in [-0.3, -0.25) is 4.79 Å². The van der Waals surface area contributed by atoms with Crippen LogP contribution in [0.15, 0.2) is 77.1 Å². The van der Waals surface area contributed by atoms with Crippen LogP contribution in [0.25, 0.3) is 0 Å². The molecule has 6 nitrogen and oxygen atoms in total. The van der Waals surface area contributed by atoms with E-state index in [1.165, 1.54) is 0 Å². The summed E-state index contributed by atoms with van der Waals surface area (Å²) >= 11 is 0. The lowest BCUT2D eigenvalue weighted by molar-refractivity contribution is -0.142. The lowest BCUT2D eigenvalue weighted by atomic mass is 9.75. The first-order valence-electron chi connectivity index (χ1n) is 12.4. The number of carbonyl (C=O) groups excluding carboxylic acids is 2. The maximum Gasteiger partial charge on any atom is 0.336 e. The van der Waals surface area contributed by atoms with Crippen LogP contribution in [0, 0.1) is 0 Å². The van der Waals surface area contributed by atoms with Crippen LogP contribution >= 0.6 is 0 Å². The van der Waals surface area contributed by atoms with Crippen molar-refractivity contribution in [3.63, 3.8) is 0 Å². The Hall–Kier alpha value is -3.38. The third-order valence-corrected chi connectivity index (χ3v) is 6.88. The lowest BCUT2D eigenvalue weighted by Gasteiger charge is -2.34. The van der Waals surface area contributed by atoms with Crippen molar-refractivity contribution in [3.8, 4) is 5.75 Å². The summed E-state index contributed by atoms with van der Waals surface area (Å²) in [4.78, 5) is 26.4. The van der Waals surface area contributed by atoms with Gasteiger partial charge < -0.3 is 19.5 Å². The predicted octanol–water partition coefficient (Wildman–Crippen LogP) is 4.96. The normalized spacial score (nSPS) is 22.0. The quantitative estimate of drug-likeness (QED) is 0.574. The van der Waals surface area contributed by atoms with Crippen molar-refractivity contribution >= 4 is 11.8 Å². The van der Waals surface area contributed by atoms with Gasteiger partial charge in [-0.1, -0.05) is 42.5 Å². The van der Waals surface area contributed by atoms with Crippen molar-refractivity contribution in [2.45, 2.75) is 57.7 Å². The molecule has 2 aromatic rings. The van der Waals surface area contributed by atoms with Gasteiger partial charge >= 0.3 is 5.97 Å². The molecule has 0 aromatic heterocycles. The van der Waals surface area contributed by atoms with Crippen molar-refractivity contribution in [1.29, 1.82) is 0 Å². The highest BCUT2D eigenvalue weighted by atomic mass is 16.6. The number of esters is 1. The van der Waals surface area contributed by atoms with Gasteiger partial charge in [-0.05, 0) is 55.9 Å². The van der Waals surface area contributed by atoms with Crippen molar-refractivity contribution in [2.24, 2.45) is 0 Å². The average Bonchev–Trinajstić information content (AvgIpc) is 3.40. The van der Waals surface area contributed by atoms with Gasteiger partial charge in [0.1, 0.15) is 19.0 Å². The smallest absolute Gasteiger partial charge is 0.336 e. The SMILES string of the molecule is CC1=C(C(=O)OCC2CCCO2)C(c2ccc(OCc3ccccc3)cc2)C2=C(CCCC2=O)N1. The highest BCUT2D eigenvalue weighted by Crippen LogP contribution is 2.42. The number of hydrogen-bond donors (Lipinski definition) is 1. The van der Waals surface area contributed by atoms with Crippen molar-refractivity contribution in [1.82, 2.24) is 5.32 Å². The van der Waals surface area contributed by atoms with Gasteiger partial charge in [0.25, 0.3) is 0 Å². The Labute approximate surface area is 206 Å². The topological polar surface area (TPSA) is 73.9 Å². The molecule has 0 spiro atoms. The molecule has 0 amide bonds. The minimum Gasteiger partial charge on any atom is -0.489 e. The van der Waals surface area contributed by atoms with Crippen molar-refractivity contribution in [2.75, 3.05) is 13.2 Å². The third-order valence-electron chi connectivity index (χ3n) is 6.88. The molecule has 6 heteroatoms. The summed E-state index contributed by atoms with van der Waals surface area (Å²) in [7, 11) is 0. The number of Topliss-reactive ketones (excluding diaryl/α,β-unsaturated/α-hetero) is 1. The summed E-state index contributed by atoms with van der Waals surface area (Å²) in [6, 6.07) is 17.7. The largest absolute Gasteiger partial charge is 0.489 e. The Morgan fingerprint density at radius 2 is 1.86 bits per heavy atom.